The predicted molar refractivity (Wildman–Crippen MR) is 59.6 cm³/mol. The van der Waals surface area contributed by atoms with E-state index in [4.69, 9.17) is 0 Å². The van der Waals surface area contributed by atoms with Gasteiger partial charge in [0.05, 0.1) is 0 Å². The molecule has 0 bridgehead atoms. The van der Waals surface area contributed by atoms with E-state index in [2.05, 4.69) is 25.7 Å². The average Bonchev–Trinajstić information content (AvgIpc) is 2.60. The molecule has 3 rings (SSSR count). The van der Waals surface area contributed by atoms with E-state index in [1.807, 2.05) is 0 Å². The number of hydrogen-bond acceptors (Lipinski definition) is 1. The number of rotatable bonds is 0. The molecular formula is C13H22FN. The number of alkyl halides is 1. The molecule has 1 saturated carbocycles. The number of fused-ring (bicyclic) bond motifs is 1. The van der Waals surface area contributed by atoms with E-state index in [1.165, 1.54) is 25.8 Å². The Morgan fingerprint density at radius 1 is 1.27 bits per heavy atom. The zero-order valence-corrected chi connectivity index (χ0v) is 10.1. The van der Waals surface area contributed by atoms with Crippen molar-refractivity contribution in [1.82, 2.24) is 4.90 Å². The molecule has 3 aliphatic rings. The fourth-order valence-corrected chi connectivity index (χ4v) is 4.01. The van der Waals surface area contributed by atoms with Gasteiger partial charge in [-0.1, -0.05) is 20.8 Å². The number of nitrogens with zero attached hydrogens (tertiary/aromatic N) is 1. The van der Waals surface area contributed by atoms with Crippen LogP contribution < -0.4 is 0 Å². The van der Waals surface area contributed by atoms with Crippen LogP contribution >= 0.6 is 0 Å². The maximum absolute atomic E-state index is 13.7. The van der Waals surface area contributed by atoms with Gasteiger partial charge in [0, 0.05) is 18.6 Å². The maximum atomic E-state index is 13.7. The quantitative estimate of drug-likeness (QED) is 0.595. The van der Waals surface area contributed by atoms with E-state index < -0.39 is 6.17 Å². The van der Waals surface area contributed by atoms with Crippen LogP contribution in [0.2, 0.25) is 0 Å². The lowest BCUT2D eigenvalue weighted by molar-refractivity contribution is 0.0632. The maximum Gasteiger partial charge on any atom is 0.115 e. The van der Waals surface area contributed by atoms with E-state index in [0.29, 0.717) is 12.0 Å². The zero-order chi connectivity index (χ0) is 10.9. The minimum absolute atomic E-state index is 0.170. The SMILES string of the molecule is CC(C)(C)C12CC(F)CN1CC1(CC1)C2. The minimum atomic E-state index is -0.583. The first-order chi connectivity index (χ1) is 6.87. The molecule has 0 aromatic carbocycles. The van der Waals surface area contributed by atoms with Crippen LogP contribution in [0.15, 0.2) is 0 Å². The third kappa shape index (κ3) is 1.23. The normalized spacial score (nSPS) is 43.6. The second kappa shape index (κ2) is 2.58. The summed E-state index contributed by atoms with van der Waals surface area (Å²) in [5.74, 6) is 0. The summed E-state index contributed by atoms with van der Waals surface area (Å²) in [7, 11) is 0. The fourth-order valence-electron chi connectivity index (χ4n) is 4.01. The van der Waals surface area contributed by atoms with Crippen molar-refractivity contribution in [3.8, 4) is 0 Å². The van der Waals surface area contributed by atoms with Crippen LogP contribution in [0, 0.1) is 10.8 Å². The highest BCUT2D eigenvalue weighted by atomic mass is 19.1. The molecule has 15 heavy (non-hydrogen) atoms. The molecule has 86 valence electrons. The molecule has 1 aliphatic carbocycles. The molecule has 2 unspecified atom stereocenters. The van der Waals surface area contributed by atoms with Gasteiger partial charge < -0.3 is 0 Å². The van der Waals surface area contributed by atoms with Crippen LogP contribution in [0.1, 0.15) is 46.5 Å². The zero-order valence-electron chi connectivity index (χ0n) is 10.1. The Morgan fingerprint density at radius 2 is 1.93 bits per heavy atom. The Hall–Kier alpha value is -0.110. The highest BCUT2D eigenvalue weighted by molar-refractivity contribution is 5.18. The van der Waals surface area contributed by atoms with Gasteiger partial charge in [-0.2, -0.15) is 0 Å². The predicted octanol–water partition coefficient (Wildman–Crippen LogP) is 3.00. The van der Waals surface area contributed by atoms with E-state index in [0.717, 1.165) is 6.42 Å². The third-order valence-corrected chi connectivity index (χ3v) is 5.13. The van der Waals surface area contributed by atoms with Gasteiger partial charge >= 0.3 is 0 Å². The van der Waals surface area contributed by atoms with Gasteiger partial charge in [-0.25, -0.2) is 4.39 Å². The third-order valence-electron chi connectivity index (χ3n) is 5.13. The lowest BCUT2D eigenvalue weighted by atomic mass is 9.69. The summed E-state index contributed by atoms with van der Waals surface area (Å²) in [4.78, 5) is 2.48. The molecule has 0 amide bonds. The summed E-state index contributed by atoms with van der Waals surface area (Å²) in [6.45, 7) is 8.74. The number of hydrogen-bond donors (Lipinski definition) is 0. The average molecular weight is 211 g/mol. The lowest BCUT2D eigenvalue weighted by Gasteiger charge is -2.44. The monoisotopic (exact) mass is 211 g/mol. The molecule has 2 saturated heterocycles. The van der Waals surface area contributed by atoms with Gasteiger partial charge in [0.25, 0.3) is 0 Å². The van der Waals surface area contributed by atoms with Crippen molar-refractivity contribution in [2.24, 2.45) is 10.8 Å². The molecule has 1 spiro atoms. The van der Waals surface area contributed by atoms with Crippen LogP contribution in [0.4, 0.5) is 4.39 Å². The van der Waals surface area contributed by atoms with Gasteiger partial charge in [-0.15, -0.1) is 0 Å². The van der Waals surface area contributed by atoms with Gasteiger partial charge in [0.1, 0.15) is 6.17 Å². The summed E-state index contributed by atoms with van der Waals surface area (Å²) in [6, 6.07) is 0. The van der Waals surface area contributed by atoms with Gasteiger partial charge in [0.2, 0.25) is 0 Å². The smallest absolute Gasteiger partial charge is 0.115 e. The largest absolute Gasteiger partial charge is 0.294 e. The fraction of sp³-hybridized carbons (Fsp3) is 1.00. The van der Waals surface area contributed by atoms with Crippen LogP contribution in [0.25, 0.3) is 0 Å². The van der Waals surface area contributed by atoms with Crippen molar-refractivity contribution >= 4 is 0 Å². The topological polar surface area (TPSA) is 3.24 Å². The summed E-state index contributed by atoms with van der Waals surface area (Å²) in [5, 5.41) is 0. The van der Waals surface area contributed by atoms with E-state index in [1.54, 1.807) is 0 Å². The molecule has 0 aromatic heterocycles. The van der Waals surface area contributed by atoms with Crippen LogP contribution in [0.3, 0.4) is 0 Å². The molecule has 2 atom stereocenters. The molecule has 2 aliphatic heterocycles. The molecule has 2 heterocycles. The van der Waals surface area contributed by atoms with Gasteiger partial charge in [-0.05, 0) is 36.5 Å². The Kier molecular flexibility index (Phi) is 1.73. The first kappa shape index (κ1) is 10.1. The highest BCUT2D eigenvalue weighted by Gasteiger charge is 2.65. The van der Waals surface area contributed by atoms with Crippen molar-refractivity contribution in [2.75, 3.05) is 13.1 Å². The standard InChI is InChI=1S/C13H22FN/c1-11(2,3)13-6-10(14)7-15(13)9-12(8-13)4-5-12/h10H,4-9H2,1-3H3. The Morgan fingerprint density at radius 3 is 2.40 bits per heavy atom. The van der Waals surface area contributed by atoms with E-state index in [-0.39, 0.29) is 11.0 Å². The van der Waals surface area contributed by atoms with Crippen molar-refractivity contribution in [2.45, 2.75) is 58.2 Å². The first-order valence-corrected chi connectivity index (χ1v) is 6.26. The number of halogens is 1. The molecule has 0 N–H and O–H groups in total. The highest BCUT2D eigenvalue weighted by Crippen LogP contribution is 2.64. The Bertz CT molecular complexity index is 289. The van der Waals surface area contributed by atoms with Crippen molar-refractivity contribution < 1.29 is 4.39 Å². The Balaban J connectivity index is 1.95. The molecular weight excluding hydrogens is 189 g/mol. The van der Waals surface area contributed by atoms with Crippen LogP contribution in [-0.4, -0.2) is 29.7 Å². The second-order valence-corrected chi connectivity index (χ2v) is 7.14. The van der Waals surface area contributed by atoms with Crippen LogP contribution in [0.5, 0.6) is 0 Å². The Labute approximate surface area is 92.0 Å². The van der Waals surface area contributed by atoms with Gasteiger partial charge in [0.15, 0.2) is 0 Å². The lowest BCUT2D eigenvalue weighted by Crippen LogP contribution is -2.49. The van der Waals surface area contributed by atoms with E-state index >= 15 is 0 Å². The minimum Gasteiger partial charge on any atom is -0.294 e. The van der Waals surface area contributed by atoms with Crippen molar-refractivity contribution in [3.05, 3.63) is 0 Å². The summed E-state index contributed by atoms with van der Waals surface area (Å²) < 4.78 is 13.7. The molecule has 1 nitrogen and oxygen atoms in total. The van der Waals surface area contributed by atoms with Gasteiger partial charge in [-0.3, -0.25) is 4.90 Å². The molecule has 2 heteroatoms. The summed E-state index contributed by atoms with van der Waals surface area (Å²) in [6.07, 6.45) is 4.22. The van der Waals surface area contributed by atoms with Crippen LogP contribution in [-0.2, 0) is 0 Å². The summed E-state index contributed by atoms with van der Waals surface area (Å²) in [5.41, 5.74) is 0.996. The summed E-state index contributed by atoms with van der Waals surface area (Å²) >= 11 is 0. The first-order valence-electron chi connectivity index (χ1n) is 6.26. The van der Waals surface area contributed by atoms with E-state index in [9.17, 15) is 4.39 Å². The molecule has 0 aromatic rings. The molecule has 3 fully saturated rings. The van der Waals surface area contributed by atoms with Crippen molar-refractivity contribution in [1.29, 1.82) is 0 Å². The van der Waals surface area contributed by atoms with Crippen molar-refractivity contribution in [3.63, 3.8) is 0 Å². The second-order valence-electron chi connectivity index (χ2n) is 7.14. The molecule has 0 radical (unpaired) electrons.